The fourth-order valence-electron chi connectivity index (χ4n) is 13.7. The Morgan fingerprint density at radius 1 is 0.648 bits per heavy atom. The number of halogens is 2. The van der Waals surface area contributed by atoms with Crippen molar-refractivity contribution in [3.63, 3.8) is 0 Å². The average molecular weight is 1810 g/mol. The summed E-state index contributed by atoms with van der Waals surface area (Å²) in [7, 11) is 8.62. The molecule has 2 atom stereocenters. The highest BCUT2D eigenvalue weighted by molar-refractivity contribution is 7.22. The van der Waals surface area contributed by atoms with Gasteiger partial charge in [-0.05, 0) is 134 Å². The van der Waals surface area contributed by atoms with Crippen LogP contribution in [0.3, 0.4) is 0 Å². The molecule has 1 aliphatic rings. The molecule has 6 aromatic carbocycles. The lowest BCUT2D eigenvalue weighted by molar-refractivity contribution is -0.926. The highest BCUT2D eigenvalue weighted by Crippen LogP contribution is 2.50. The molecule has 128 heavy (non-hydrogen) atoms. The van der Waals surface area contributed by atoms with Gasteiger partial charge in [0.2, 0.25) is 23.8 Å². The molecule has 34 heteroatoms. The maximum atomic E-state index is 14.8. The number of carbonyl (C=O) groups is 5. The fraction of sp³-hybridized carbons (Fsp3) is 0.457. The van der Waals surface area contributed by atoms with E-state index in [0.29, 0.717) is 204 Å². The van der Waals surface area contributed by atoms with Crippen LogP contribution >= 0.6 is 22.9 Å². The Morgan fingerprint density at radius 3 is 1.91 bits per heavy atom. The summed E-state index contributed by atoms with van der Waals surface area (Å²) in [4.78, 5) is 91.9. The van der Waals surface area contributed by atoms with Gasteiger partial charge in [-0.15, -0.1) is 11.3 Å². The number of carbonyl (C=O) groups excluding carboxylic acids is 5. The Kier molecular flexibility index (Phi) is 39.9. The van der Waals surface area contributed by atoms with Crippen molar-refractivity contribution in [2.24, 2.45) is 5.92 Å². The van der Waals surface area contributed by atoms with Crippen LogP contribution in [0.15, 0.2) is 146 Å². The summed E-state index contributed by atoms with van der Waals surface area (Å²) in [5, 5.41) is 9.00. The molecule has 4 amide bonds. The summed E-state index contributed by atoms with van der Waals surface area (Å²) >= 11 is 8.78. The summed E-state index contributed by atoms with van der Waals surface area (Å²) in [5.41, 5.74) is 6.68. The number of piperazine rings is 1. The molecule has 31 nitrogen and oxygen atoms in total. The van der Waals surface area contributed by atoms with Gasteiger partial charge in [-0.3, -0.25) is 14.5 Å². The zero-order valence-electron chi connectivity index (χ0n) is 74.8. The van der Waals surface area contributed by atoms with E-state index in [0.717, 1.165) is 42.9 Å². The molecule has 2 unspecified atom stereocenters. The Balaban J connectivity index is 0.766. The third-order valence-corrected chi connectivity index (χ3v) is 22.2. The van der Waals surface area contributed by atoms with Gasteiger partial charge in [0.1, 0.15) is 84.6 Å². The van der Waals surface area contributed by atoms with Crippen LogP contribution in [0, 0.1) is 18.7 Å². The van der Waals surface area contributed by atoms with E-state index in [1.807, 2.05) is 91.9 Å². The Bertz CT molecular complexity index is 5000. The van der Waals surface area contributed by atoms with Crippen LogP contribution in [0.25, 0.3) is 43.2 Å². The molecule has 1 saturated heterocycles. The lowest BCUT2D eigenvalue weighted by Crippen LogP contribution is -2.57. The number of hydrogen-bond acceptors (Lipinski definition) is 27. The number of fused-ring (bicyclic) bond motifs is 1. The van der Waals surface area contributed by atoms with Crippen molar-refractivity contribution in [1.82, 2.24) is 40.4 Å². The zero-order chi connectivity index (χ0) is 91.2. The van der Waals surface area contributed by atoms with E-state index >= 15 is 0 Å². The van der Waals surface area contributed by atoms with E-state index in [9.17, 15) is 28.4 Å². The lowest BCUT2D eigenvalue weighted by atomic mass is 9.96. The number of likely N-dealkylation sites (N-methyl/N-ethyl adjacent to an activating group) is 1. The average Bonchev–Trinajstić information content (AvgIpc) is 1.56. The summed E-state index contributed by atoms with van der Waals surface area (Å²) < 4.78 is 107. The molecule has 690 valence electrons. The van der Waals surface area contributed by atoms with Crippen LogP contribution in [0.2, 0.25) is 5.02 Å². The van der Waals surface area contributed by atoms with Crippen molar-refractivity contribution in [1.29, 1.82) is 0 Å². The topological polar surface area (TPSA) is 327 Å². The summed E-state index contributed by atoms with van der Waals surface area (Å²) in [6.45, 7) is 20.9. The number of methoxy groups -OCH3 is 3. The summed E-state index contributed by atoms with van der Waals surface area (Å²) in [6, 6.07) is 38.3. The SMILES string of the molecule is COCCOCCOCCOCCOCCOCCOCCOCCOC(=O)N(C)Cc1cc(NC(=O)CNC(=O)C(NC(=O)OC(C)(C)C)C(C)C)ccc1C[N+]1(C)CCN(CCOc2ccc(-c3c(-c4ccc(F)cc4)sc4ncnc(OC(Cc5ccccc5OCc5ccnc(-c6ccccc6OC)n5)C(=O)OCc5ccc(OC)cc5)c34)c(C)c2Cl)CC1. The largest absolute Gasteiger partial charge is 0.497 e. The number of ether oxygens (including phenoxy) is 16. The van der Waals surface area contributed by atoms with E-state index in [2.05, 4.69) is 32.9 Å². The van der Waals surface area contributed by atoms with Crippen molar-refractivity contribution in [3.05, 3.63) is 190 Å². The molecule has 4 heterocycles. The van der Waals surface area contributed by atoms with Crippen LogP contribution in [0.1, 0.15) is 68.1 Å². The fourth-order valence-corrected chi connectivity index (χ4v) is 15.1. The minimum atomic E-state index is -1.31. The van der Waals surface area contributed by atoms with Gasteiger partial charge >= 0.3 is 18.2 Å². The van der Waals surface area contributed by atoms with Crippen molar-refractivity contribution < 1.29 is 109 Å². The number of anilines is 1. The minimum Gasteiger partial charge on any atom is -0.497 e. The molecule has 0 saturated carbocycles. The van der Waals surface area contributed by atoms with Gasteiger partial charge in [0.05, 0.1) is 162 Å². The van der Waals surface area contributed by atoms with Crippen LogP contribution in [0.5, 0.6) is 28.9 Å². The molecule has 1 aliphatic heterocycles. The second-order valence-corrected chi connectivity index (χ2v) is 33.1. The first-order valence-electron chi connectivity index (χ1n) is 42.6. The van der Waals surface area contributed by atoms with Crippen LogP contribution in [-0.2, 0) is 99.2 Å². The van der Waals surface area contributed by atoms with Crippen LogP contribution in [-0.4, -0.2) is 269 Å². The number of para-hydroxylation sites is 2. The first-order chi connectivity index (χ1) is 61.9. The predicted molar refractivity (Wildman–Crippen MR) is 482 cm³/mol. The quantitative estimate of drug-likeness (QED) is 0.0138. The number of amides is 4. The van der Waals surface area contributed by atoms with E-state index in [-0.39, 0.29) is 57.8 Å². The first kappa shape index (κ1) is 99.4. The van der Waals surface area contributed by atoms with E-state index < -0.39 is 60.1 Å². The second kappa shape index (κ2) is 51.4. The number of quaternary nitrogens is 1. The molecule has 0 spiro atoms. The Labute approximate surface area is 756 Å². The van der Waals surface area contributed by atoms with E-state index in [1.54, 1.807) is 106 Å². The zero-order valence-corrected chi connectivity index (χ0v) is 76.3. The molecular weight excluding hydrogens is 1690 g/mol. The first-order valence-corrected chi connectivity index (χ1v) is 43.8. The molecule has 3 aromatic heterocycles. The molecular formula is C94H119ClFN10O21S+. The lowest BCUT2D eigenvalue weighted by Gasteiger charge is -2.42. The molecule has 0 aliphatic carbocycles. The number of aromatic nitrogens is 4. The van der Waals surface area contributed by atoms with Gasteiger partial charge in [0.25, 0.3) is 0 Å². The highest BCUT2D eigenvalue weighted by Gasteiger charge is 2.34. The minimum absolute atomic E-state index is 0.00978. The number of rotatable bonds is 53. The third-order valence-electron chi connectivity index (χ3n) is 20.6. The van der Waals surface area contributed by atoms with Crippen molar-refractivity contribution in [2.75, 3.05) is 192 Å². The Morgan fingerprint density at radius 2 is 1.28 bits per heavy atom. The molecule has 0 radical (unpaired) electrons. The standard InChI is InChI=1S/C94H118ClFN10O21S/c1-64(2)85(103-92(110)127-94(4,5)6)88(108)98-58-81(107)101-72-27-24-69(70(56-72)59-104(7)93(111)123-55-54-121-53-52-120-51-50-119-49-48-118-47-46-117-45-44-116-43-42-115-41-40-112-9)60-106(8)37-34-105(35-38-106)36-39-122-79-31-30-75(65(3)84(79)95)82-83-89(99-63-100-90(83)128-86(82)67-22-25-71(96)26-23-67)126-80(91(109)125-61-66-20-28-74(113-10)29-21-66)57-68-16-12-14-18-77(68)124-62-73-32-33-97-87(102-73)76-17-13-15-19-78(76)114-11/h12-33,56,63-64,80,85H,34-55,57-62H2,1-11H3,(H2-,98,101,103,107,108,110)/p+1. The third kappa shape index (κ3) is 31.6. The van der Waals surface area contributed by atoms with Crippen LogP contribution in [0.4, 0.5) is 19.7 Å². The van der Waals surface area contributed by atoms with Gasteiger partial charge in [0, 0.05) is 74.6 Å². The Hall–Kier alpha value is -10.8. The molecule has 1 fully saturated rings. The molecule has 9 aromatic rings. The van der Waals surface area contributed by atoms with E-state index in [1.165, 1.54) is 34.7 Å². The normalized spacial score (nSPS) is 13.2. The molecule has 3 N–H and O–H groups in total. The van der Waals surface area contributed by atoms with Gasteiger partial charge < -0.3 is 101 Å². The monoisotopic (exact) mass is 1810 g/mol. The van der Waals surface area contributed by atoms with Crippen molar-refractivity contribution >= 4 is 68.8 Å². The number of nitrogens with one attached hydrogen (secondary N) is 3. The van der Waals surface area contributed by atoms with Crippen molar-refractivity contribution in [2.45, 2.75) is 92.0 Å². The van der Waals surface area contributed by atoms with Crippen molar-refractivity contribution in [3.8, 4) is 61.8 Å². The maximum absolute atomic E-state index is 14.8. The number of alkyl carbamates (subject to hydrolysis) is 1. The smallest absolute Gasteiger partial charge is 0.409 e. The summed E-state index contributed by atoms with van der Waals surface area (Å²) in [5.74, 6) is 0.243. The second-order valence-electron chi connectivity index (χ2n) is 31.7. The molecule has 0 bridgehead atoms. The number of benzene rings is 6. The number of nitrogens with zero attached hydrogens (tertiary/aromatic N) is 7. The van der Waals surface area contributed by atoms with Gasteiger partial charge in [-0.1, -0.05) is 92.2 Å². The van der Waals surface area contributed by atoms with Gasteiger partial charge in [0.15, 0.2) is 5.82 Å². The molecule has 10 rings (SSSR count). The number of hydrogen-bond donors (Lipinski definition) is 3. The number of esters is 1. The predicted octanol–water partition coefficient (Wildman–Crippen LogP) is 13.2. The summed E-state index contributed by atoms with van der Waals surface area (Å²) in [6.07, 6.45) is 0.368. The van der Waals surface area contributed by atoms with Gasteiger partial charge in [-0.2, -0.15) is 0 Å². The number of thiophene rings is 1. The van der Waals surface area contributed by atoms with E-state index in [4.69, 9.17) is 102 Å². The van der Waals surface area contributed by atoms with Gasteiger partial charge in [-0.25, -0.2) is 38.7 Å². The maximum Gasteiger partial charge on any atom is 0.409 e. The van der Waals surface area contributed by atoms with Crippen LogP contribution < -0.4 is 39.6 Å². The highest BCUT2D eigenvalue weighted by atomic mass is 35.5.